The zero-order valence-corrected chi connectivity index (χ0v) is 14.0. The molecule has 21 heavy (non-hydrogen) atoms. The minimum Gasteiger partial charge on any atom is -0.487 e. The molecule has 1 nitrogen and oxygen atoms in total. The van der Waals surface area contributed by atoms with Crippen LogP contribution in [0.1, 0.15) is 40.9 Å². The van der Waals surface area contributed by atoms with Gasteiger partial charge in [0.15, 0.2) is 0 Å². The van der Waals surface area contributed by atoms with Gasteiger partial charge < -0.3 is 4.74 Å². The van der Waals surface area contributed by atoms with Gasteiger partial charge in [0.05, 0.1) is 4.83 Å². The Bertz CT molecular complexity index is 673. The van der Waals surface area contributed by atoms with E-state index in [9.17, 15) is 4.39 Å². The maximum absolute atomic E-state index is 13.6. The number of aryl methyl sites for hydroxylation is 1. The molecule has 0 spiro atoms. The fourth-order valence-corrected chi connectivity index (χ4v) is 3.44. The number of hydrogen-bond donors (Lipinski definition) is 0. The standard InChI is InChI=1S/C18H18BrFO/c1-11-6-13(9-15(20)7-11)17(19)12-4-5-16-14(8-12)10-18(2,3)21-16/h4-9,17H,10H2,1-3H3. The predicted octanol–water partition coefficient (Wildman–Crippen LogP) is 5.33. The molecule has 1 heterocycles. The molecular weight excluding hydrogens is 331 g/mol. The Balaban J connectivity index is 1.95. The largest absolute Gasteiger partial charge is 0.487 e. The van der Waals surface area contributed by atoms with E-state index >= 15 is 0 Å². The van der Waals surface area contributed by atoms with E-state index in [2.05, 4.69) is 35.8 Å². The van der Waals surface area contributed by atoms with Crippen molar-refractivity contribution in [2.45, 2.75) is 37.6 Å². The minimum atomic E-state index is -0.194. The normalized spacial score (nSPS) is 17.2. The summed E-state index contributed by atoms with van der Waals surface area (Å²) in [5.41, 5.74) is 4.07. The summed E-state index contributed by atoms with van der Waals surface area (Å²) >= 11 is 3.69. The van der Waals surface area contributed by atoms with Gasteiger partial charge in [0.1, 0.15) is 17.2 Å². The first-order valence-electron chi connectivity index (χ1n) is 7.07. The van der Waals surface area contributed by atoms with Gasteiger partial charge in [0.2, 0.25) is 0 Å². The van der Waals surface area contributed by atoms with Crippen LogP contribution in [0.4, 0.5) is 4.39 Å². The van der Waals surface area contributed by atoms with E-state index in [0.717, 1.165) is 28.9 Å². The van der Waals surface area contributed by atoms with Gasteiger partial charge in [0.25, 0.3) is 0 Å². The number of halogens is 2. The van der Waals surface area contributed by atoms with E-state index in [0.29, 0.717) is 0 Å². The molecule has 1 unspecified atom stereocenters. The summed E-state index contributed by atoms with van der Waals surface area (Å²) in [4.78, 5) is -0.0130. The highest BCUT2D eigenvalue weighted by Crippen LogP contribution is 2.39. The van der Waals surface area contributed by atoms with E-state index in [1.807, 2.05) is 25.1 Å². The van der Waals surface area contributed by atoms with Gasteiger partial charge in [-0.3, -0.25) is 0 Å². The van der Waals surface area contributed by atoms with Crippen LogP contribution in [0, 0.1) is 12.7 Å². The van der Waals surface area contributed by atoms with Crippen LogP contribution in [-0.2, 0) is 6.42 Å². The van der Waals surface area contributed by atoms with Crippen molar-refractivity contribution in [3.05, 3.63) is 64.5 Å². The lowest BCUT2D eigenvalue weighted by molar-refractivity contribution is 0.138. The van der Waals surface area contributed by atoms with Crippen molar-refractivity contribution in [3.63, 3.8) is 0 Å². The highest BCUT2D eigenvalue weighted by atomic mass is 79.9. The lowest BCUT2D eigenvalue weighted by Crippen LogP contribution is -2.24. The van der Waals surface area contributed by atoms with Gasteiger partial charge in [-0.2, -0.15) is 0 Å². The molecule has 0 amide bonds. The van der Waals surface area contributed by atoms with E-state index in [1.165, 1.54) is 5.56 Å². The van der Waals surface area contributed by atoms with E-state index in [-0.39, 0.29) is 16.2 Å². The van der Waals surface area contributed by atoms with E-state index in [1.54, 1.807) is 12.1 Å². The fraction of sp³-hybridized carbons (Fsp3) is 0.333. The molecule has 0 aliphatic carbocycles. The first-order chi connectivity index (χ1) is 9.84. The summed E-state index contributed by atoms with van der Waals surface area (Å²) < 4.78 is 19.5. The van der Waals surface area contributed by atoms with Crippen LogP contribution < -0.4 is 4.74 Å². The topological polar surface area (TPSA) is 9.23 Å². The van der Waals surface area contributed by atoms with E-state index in [4.69, 9.17) is 4.74 Å². The lowest BCUT2D eigenvalue weighted by Gasteiger charge is -2.16. The predicted molar refractivity (Wildman–Crippen MR) is 86.8 cm³/mol. The molecule has 0 radical (unpaired) electrons. The molecule has 0 saturated heterocycles. The summed E-state index contributed by atoms with van der Waals surface area (Å²) in [5, 5.41) is 0. The van der Waals surface area contributed by atoms with Crippen molar-refractivity contribution in [1.29, 1.82) is 0 Å². The third kappa shape index (κ3) is 2.98. The Morgan fingerprint density at radius 2 is 1.90 bits per heavy atom. The zero-order chi connectivity index (χ0) is 15.2. The molecular formula is C18H18BrFO. The summed E-state index contributed by atoms with van der Waals surface area (Å²) in [5.74, 6) is 0.763. The molecule has 0 aromatic heterocycles. The van der Waals surface area contributed by atoms with Crippen molar-refractivity contribution in [2.75, 3.05) is 0 Å². The molecule has 1 aliphatic heterocycles. The summed E-state index contributed by atoms with van der Waals surface area (Å²) in [7, 11) is 0. The van der Waals surface area contributed by atoms with Gasteiger partial charge in [0, 0.05) is 6.42 Å². The average Bonchev–Trinajstić information content (AvgIpc) is 2.69. The molecule has 0 bridgehead atoms. The number of benzene rings is 2. The molecule has 0 N–H and O–H groups in total. The summed E-state index contributed by atoms with van der Waals surface area (Å²) in [6.07, 6.45) is 0.901. The van der Waals surface area contributed by atoms with Crippen molar-refractivity contribution in [1.82, 2.24) is 0 Å². The monoisotopic (exact) mass is 348 g/mol. The van der Waals surface area contributed by atoms with Gasteiger partial charge in [-0.25, -0.2) is 4.39 Å². The molecule has 0 fully saturated rings. The van der Waals surface area contributed by atoms with Crippen LogP contribution in [0.3, 0.4) is 0 Å². The number of hydrogen-bond acceptors (Lipinski definition) is 1. The Morgan fingerprint density at radius 1 is 1.14 bits per heavy atom. The minimum absolute atomic E-state index is 0.0130. The lowest BCUT2D eigenvalue weighted by atomic mass is 9.97. The zero-order valence-electron chi connectivity index (χ0n) is 12.4. The Morgan fingerprint density at radius 3 is 2.62 bits per heavy atom. The molecule has 110 valence electrons. The summed E-state index contributed by atoms with van der Waals surface area (Å²) in [6, 6.07) is 11.3. The van der Waals surface area contributed by atoms with Crippen molar-refractivity contribution in [3.8, 4) is 5.75 Å². The van der Waals surface area contributed by atoms with Gasteiger partial charge in [-0.05, 0) is 61.2 Å². The van der Waals surface area contributed by atoms with Crippen molar-refractivity contribution in [2.24, 2.45) is 0 Å². The number of fused-ring (bicyclic) bond motifs is 1. The molecule has 1 atom stereocenters. The Hall–Kier alpha value is -1.35. The third-order valence-corrected chi connectivity index (χ3v) is 4.79. The molecule has 2 aromatic rings. The maximum Gasteiger partial charge on any atom is 0.123 e. The number of ether oxygens (including phenoxy) is 1. The quantitative estimate of drug-likeness (QED) is 0.666. The second-order valence-electron chi connectivity index (χ2n) is 6.33. The molecule has 3 heteroatoms. The summed E-state index contributed by atoms with van der Waals surface area (Å²) in [6.45, 7) is 6.09. The third-order valence-electron chi connectivity index (χ3n) is 3.74. The maximum atomic E-state index is 13.6. The van der Waals surface area contributed by atoms with Crippen LogP contribution in [0.5, 0.6) is 5.75 Å². The van der Waals surface area contributed by atoms with Crippen LogP contribution in [0.15, 0.2) is 36.4 Å². The first kappa shape index (κ1) is 14.6. The highest BCUT2D eigenvalue weighted by molar-refractivity contribution is 9.09. The van der Waals surface area contributed by atoms with Gasteiger partial charge >= 0.3 is 0 Å². The SMILES string of the molecule is Cc1cc(F)cc(C(Br)c2ccc3c(c2)CC(C)(C)O3)c1. The van der Waals surface area contributed by atoms with Crippen LogP contribution in [-0.4, -0.2) is 5.60 Å². The fourth-order valence-electron chi connectivity index (χ4n) is 2.89. The number of alkyl halides is 1. The first-order valence-corrected chi connectivity index (χ1v) is 7.99. The second kappa shape index (κ2) is 5.13. The van der Waals surface area contributed by atoms with Crippen LogP contribution in [0.25, 0.3) is 0 Å². The second-order valence-corrected chi connectivity index (χ2v) is 7.25. The van der Waals surface area contributed by atoms with E-state index < -0.39 is 0 Å². The molecule has 1 aliphatic rings. The smallest absolute Gasteiger partial charge is 0.123 e. The molecule has 0 saturated carbocycles. The van der Waals surface area contributed by atoms with Crippen molar-refractivity contribution >= 4 is 15.9 Å². The molecule has 2 aromatic carbocycles. The van der Waals surface area contributed by atoms with Gasteiger partial charge in [-0.1, -0.05) is 34.1 Å². The van der Waals surface area contributed by atoms with Gasteiger partial charge in [-0.15, -0.1) is 0 Å². The van der Waals surface area contributed by atoms with Crippen LogP contribution in [0.2, 0.25) is 0 Å². The number of rotatable bonds is 2. The highest BCUT2D eigenvalue weighted by Gasteiger charge is 2.30. The van der Waals surface area contributed by atoms with Crippen LogP contribution >= 0.6 is 15.9 Å². The Labute approximate surface area is 133 Å². The Kier molecular flexibility index (Phi) is 3.56. The molecule has 3 rings (SSSR count). The van der Waals surface area contributed by atoms with Crippen molar-refractivity contribution < 1.29 is 9.13 Å². The average molecular weight is 349 g/mol.